The zero-order chi connectivity index (χ0) is 49.0. The van der Waals surface area contributed by atoms with Gasteiger partial charge in [-0.3, -0.25) is 19.1 Å². The standard InChI is InChI=1S/C62H38N12/c1-5-17-39(18-6-1)57-67-58(40-19-7-2-8-20-40)70-61(69-57)49-35-63-37-55(65-49)73-51-27-15-13-25-45(51)47-33-43(29-31-53(47)73)44-30-32-54-48(34-44)46-26-14-16-28-52(46)74(54)56-38-64-36-50(66-56)62-71-59(41-21-9-3-10-22-41)68-60(72-62)42-23-11-4-12-24-42/h1-38H. The lowest BCUT2D eigenvalue weighted by Gasteiger charge is -2.11. The van der Waals surface area contributed by atoms with E-state index in [4.69, 9.17) is 49.8 Å². The van der Waals surface area contributed by atoms with Crippen molar-refractivity contribution < 1.29 is 0 Å². The summed E-state index contributed by atoms with van der Waals surface area (Å²) in [5.41, 5.74) is 10.7. The van der Waals surface area contributed by atoms with E-state index in [0.717, 1.165) is 77.0 Å². The van der Waals surface area contributed by atoms with Crippen molar-refractivity contribution in [3.63, 3.8) is 0 Å². The molecule has 6 heterocycles. The minimum absolute atomic E-state index is 0.434. The quantitative estimate of drug-likeness (QED) is 0.137. The number of hydrogen-bond donors (Lipinski definition) is 0. The lowest BCUT2D eigenvalue weighted by molar-refractivity contribution is 1.01. The molecule has 0 aliphatic carbocycles. The summed E-state index contributed by atoms with van der Waals surface area (Å²) in [6, 6.07) is 69.8. The normalized spacial score (nSPS) is 11.5. The number of para-hydroxylation sites is 2. The van der Waals surface area contributed by atoms with Crippen molar-refractivity contribution in [3.8, 4) is 91.4 Å². The minimum atomic E-state index is 0.434. The van der Waals surface area contributed by atoms with Gasteiger partial charge in [-0.25, -0.2) is 39.9 Å². The smallest absolute Gasteiger partial charge is 0.184 e. The van der Waals surface area contributed by atoms with E-state index in [2.05, 4.69) is 94.1 Å². The molecule has 0 spiro atoms. The molecule has 346 valence electrons. The van der Waals surface area contributed by atoms with Crippen molar-refractivity contribution >= 4 is 43.6 Å². The Morgan fingerprint density at radius 3 is 0.905 bits per heavy atom. The monoisotopic (exact) mass is 950 g/mol. The van der Waals surface area contributed by atoms with Gasteiger partial charge in [-0.05, 0) is 47.5 Å². The van der Waals surface area contributed by atoms with Crippen LogP contribution in [0.2, 0.25) is 0 Å². The second-order valence-electron chi connectivity index (χ2n) is 17.8. The predicted octanol–water partition coefficient (Wildman–Crippen LogP) is 13.5. The van der Waals surface area contributed by atoms with Gasteiger partial charge < -0.3 is 0 Å². The van der Waals surface area contributed by atoms with Crippen LogP contribution in [0.15, 0.2) is 231 Å². The summed E-state index contributed by atoms with van der Waals surface area (Å²) in [7, 11) is 0. The molecule has 14 rings (SSSR count). The molecule has 0 N–H and O–H groups in total. The molecule has 8 aromatic carbocycles. The van der Waals surface area contributed by atoms with Crippen molar-refractivity contribution in [1.82, 2.24) is 59.0 Å². The van der Waals surface area contributed by atoms with Crippen LogP contribution in [0.4, 0.5) is 0 Å². The molecule has 74 heavy (non-hydrogen) atoms. The van der Waals surface area contributed by atoms with E-state index in [1.807, 2.05) is 121 Å². The summed E-state index contributed by atoms with van der Waals surface area (Å²) in [5, 5.41) is 4.36. The molecule has 0 saturated carbocycles. The van der Waals surface area contributed by atoms with Gasteiger partial charge in [0.15, 0.2) is 46.6 Å². The molecular weight excluding hydrogens is 913 g/mol. The number of benzene rings is 8. The number of hydrogen-bond acceptors (Lipinski definition) is 10. The van der Waals surface area contributed by atoms with Gasteiger partial charge in [-0.2, -0.15) is 0 Å². The van der Waals surface area contributed by atoms with Crippen LogP contribution in [-0.2, 0) is 0 Å². The van der Waals surface area contributed by atoms with Crippen molar-refractivity contribution in [2.24, 2.45) is 0 Å². The van der Waals surface area contributed by atoms with Crippen LogP contribution in [0.1, 0.15) is 0 Å². The molecule has 0 amide bonds. The van der Waals surface area contributed by atoms with Crippen LogP contribution in [0.25, 0.3) is 135 Å². The van der Waals surface area contributed by atoms with E-state index in [1.54, 1.807) is 24.8 Å². The number of aromatic nitrogens is 12. The summed E-state index contributed by atoms with van der Waals surface area (Å²) in [6.07, 6.45) is 7.00. The van der Waals surface area contributed by atoms with Gasteiger partial charge in [0.1, 0.15) is 11.4 Å². The van der Waals surface area contributed by atoms with Crippen molar-refractivity contribution in [3.05, 3.63) is 231 Å². The van der Waals surface area contributed by atoms with E-state index in [-0.39, 0.29) is 0 Å². The first kappa shape index (κ1) is 42.4. The Balaban J connectivity index is 0.856. The molecule has 0 atom stereocenters. The fraction of sp³-hybridized carbons (Fsp3) is 0. The van der Waals surface area contributed by atoms with Gasteiger partial charge in [0.05, 0.1) is 46.9 Å². The lowest BCUT2D eigenvalue weighted by atomic mass is 10.0. The topological polar surface area (TPSA) is 139 Å². The highest BCUT2D eigenvalue weighted by Crippen LogP contribution is 2.38. The highest BCUT2D eigenvalue weighted by molar-refractivity contribution is 6.12. The second kappa shape index (κ2) is 17.7. The van der Waals surface area contributed by atoms with E-state index < -0.39 is 0 Å². The first-order valence-electron chi connectivity index (χ1n) is 24.1. The number of nitrogens with zero attached hydrogens (tertiary/aromatic N) is 12. The maximum absolute atomic E-state index is 5.21. The second-order valence-corrected chi connectivity index (χ2v) is 17.8. The summed E-state index contributed by atoms with van der Waals surface area (Å²) in [5.74, 6) is 4.40. The SMILES string of the molecule is c1ccc(-c2nc(-c3ccccc3)nc(-c3cncc(-n4c5ccccc5c5cc(-c6ccc7c(c6)c6ccccc6n7-c6cncc(-c7nc(-c8ccccc8)nc(-c8ccccc8)n7)n6)ccc54)n3)n2)cc1. The van der Waals surface area contributed by atoms with E-state index in [1.165, 1.54) is 0 Å². The van der Waals surface area contributed by atoms with Gasteiger partial charge in [0.2, 0.25) is 0 Å². The molecule has 14 aromatic rings. The van der Waals surface area contributed by atoms with Crippen LogP contribution in [0, 0.1) is 0 Å². The molecule has 12 heteroatoms. The van der Waals surface area contributed by atoms with Crippen LogP contribution >= 0.6 is 0 Å². The average Bonchev–Trinajstić information content (AvgIpc) is 4.02. The predicted molar refractivity (Wildman–Crippen MR) is 291 cm³/mol. The molecule has 0 aliphatic rings. The zero-order valence-electron chi connectivity index (χ0n) is 39.3. The fourth-order valence-electron chi connectivity index (χ4n) is 9.79. The molecule has 0 bridgehead atoms. The van der Waals surface area contributed by atoms with Gasteiger partial charge in [-0.1, -0.05) is 170 Å². The Hall–Kier alpha value is -10.5. The maximum Gasteiger partial charge on any atom is 0.184 e. The number of rotatable bonds is 9. The van der Waals surface area contributed by atoms with Crippen LogP contribution < -0.4 is 0 Å². The zero-order valence-corrected chi connectivity index (χ0v) is 39.3. The third-order valence-corrected chi connectivity index (χ3v) is 13.2. The third-order valence-electron chi connectivity index (χ3n) is 13.2. The molecule has 0 saturated heterocycles. The van der Waals surface area contributed by atoms with Gasteiger partial charge in [0, 0.05) is 43.8 Å². The molecular formula is C62H38N12. The highest BCUT2D eigenvalue weighted by atomic mass is 15.1. The molecule has 0 radical (unpaired) electrons. The molecule has 0 aliphatic heterocycles. The Morgan fingerprint density at radius 1 is 0.230 bits per heavy atom. The van der Waals surface area contributed by atoms with Crippen LogP contribution in [0.5, 0.6) is 0 Å². The number of fused-ring (bicyclic) bond motifs is 6. The first-order valence-corrected chi connectivity index (χ1v) is 24.1. The fourth-order valence-corrected chi connectivity index (χ4v) is 9.79. The maximum atomic E-state index is 5.21. The Morgan fingerprint density at radius 2 is 0.541 bits per heavy atom. The molecule has 6 aromatic heterocycles. The van der Waals surface area contributed by atoms with Gasteiger partial charge in [-0.15, -0.1) is 0 Å². The Kier molecular flexibility index (Phi) is 10.2. The summed E-state index contributed by atoms with van der Waals surface area (Å²) < 4.78 is 4.33. The van der Waals surface area contributed by atoms with E-state index >= 15 is 0 Å². The molecule has 12 nitrogen and oxygen atoms in total. The Bertz CT molecular complexity index is 4020. The first-order chi connectivity index (χ1) is 36.7. The summed E-state index contributed by atoms with van der Waals surface area (Å²) >= 11 is 0. The largest absolute Gasteiger partial charge is 0.292 e. The van der Waals surface area contributed by atoms with Gasteiger partial charge >= 0.3 is 0 Å². The van der Waals surface area contributed by atoms with E-state index in [9.17, 15) is 0 Å². The molecule has 0 unspecified atom stereocenters. The van der Waals surface area contributed by atoms with Crippen LogP contribution in [0.3, 0.4) is 0 Å². The highest BCUT2D eigenvalue weighted by Gasteiger charge is 2.21. The summed E-state index contributed by atoms with van der Waals surface area (Å²) in [4.78, 5) is 49.4. The minimum Gasteiger partial charge on any atom is -0.292 e. The Labute approximate surface area is 423 Å². The molecule has 0 fully saturated rings. The van der Waals surface area contributed by atoms with Crippen molar-refractivity contribution in [2.45, 2.75) is 0 Å². The van der Waals surface area contributed by atoms with Crippen molar-refractivity contribution in [1.29, 1.82) is 0 Å². The average molecular weight is 951 g/mol. The van der Waals surface area contributed by atoms with Crippen LogP contribution in [-0.4, -0.2) is 59.0 Å². The van der Waals surface area contributed by atoms with Crippen molar-refractivity contribution in [2.75, 3.05) is 0 Å². The third kappa shape index (κ3) is 7.49. The summed E-state index contributed by atoms with van der Waals surface area (Å²) in [6.45, 7) is 0. The van der Waals surface area contributed by atoms with E-state index in [0.29, 0.717) is 58.0 Å². The lowest BCUT2D eigenvalue weighted by Crippen LogP contribution is -2.04. The van der Waals surface area contributed by atoms with Gasteiger partial charge in [0.25, 0.3) is 0 Å².